The van der Waals surface area contributed by atoms with E-state index in [0.717, 1.165) is 6.07 Å². The third-order valence-electron chi connectivity index (χ3n) is 3.19. The van der Waals surface area contributed by atoms with Gasteiger partial charge in [0.25, 0.3) is 0 Å². The van der Waals surface area contributed by atoms with Crippen molar-refractivity contribution < 1.29 is 23.4 Å². The molecule has 0 radical (unpaired) electrons. The number of rotatable bonds is 6. The first-order valence-electron chi connectivity index (χ1n) is 6.20. The Morgan fingerprint density at radius 3 is 2.40 bits per heavy atom. The Hall–Kier alpha value is -1.44. The molecule has 0 fully saturated rings. The molecule has 0 saturated heterocycles. The highest BCUT2D eigenvalue weighted by atomic mass is 32.2. The number of carboxylic acids is 1. The molecule has 7 heteroatoms. The lowest BCUT2D eigenvalue weighted by Crippen LogP contribution is -2.37. The van der Waals surface area contributed by atoms with Crippen molar-refractivity contribution in [3.8, 4) is 0 Å². The standard InChI is InChI=1S/C13H19NO5S/c1-4-11(7-15)14-20(18,19)12-6-10(13(16)17)5-8(2)9(12)3/h5-6,11,14-15H,4,7H2,1-3H3,(H,16,17)/t11-/m1/s1. The van der Waals surface area contributed by atoms with Crippen molar-refractivity contribution in [2.45, 2.75) is 38.1 Å². The first-order chi connectivity index (χ1) is 9.22. The molecule has 0 aliphatic heterocycles. The summed E-state index contributed by atoms with van der Waals surface area (Å²) in [5.74, 6) is -1.18. The molecule has 0 heterocycles. The molecule has 0 aromatic heterocycles. The van der Waals surface area contributed by atoms with E-state index in [4.69, 9.17) is 10.2 Å². The van der Waals surface area contributed by atoms with Crippen molar-refractivity contribution in [3.63, 3.8) is 0 Å². The van der Waals surface area contributed by atoms with Crippen molar-refractivity contribution in [1.29, 1.82) is 0 Å². The van der Waals surface area contributed by atoms with E-state index in [0.29, 0.717) is 17.5 Å². The summed E-state index contributed by atoms with van der Waals surface area (Å²) in [6.45, 7) is 4.71. The van der Waals surface area contributed by atoms with Crippen LogP contribution in [0.25, 0.3) is 0 Å². The maximum absolute atomic E-state index is 12.3. The van der Waals surface area contributed by atoms with E-state index in [1.807, 2.05) is 0 Å². The van der Waals surface area contributed by atoms with Crippen LogP contribution in [0.4, 0.5) is 0 Å². The first kappa shape index (κ1) is 16.6. The molecule has 0 aliphatic carbocycles. The van der Waals surface area contributed by atoms with Gasteiger partial charge in [-0.15, -0.1) is 0 Å². The minimum atomic E-state index is -3.87. The monoisotopic (exact) mass is 301 g/mol. The van der Waals surface area contributed by atoms with Gasteiger partial charge in [-0.05, 0) is 43.5 Å². The molecule has 1 aromatic carbocycles. The summed E-state index contributed by atoms with van der Waals surface area (Å²) in [4.78, 5) is 11.0. The molecule has 1 rings (SSSR count). The van der Waals surface area contributed by atoms with Gasteiger partial charge in [0.15, 0.2) is 0 Å². The smallest absolute Gasteiger partial charge is 0.335 e. The molecule has 0 unspecified atom stereocenters. The van der Waals surface area contributed by atoms with E-state index in [1.165, 1.54) is 6.07 Å². The highest BCUT2D eigenvalue weighted by Crippen LogP contribution is 2.21. The second-order valence-electron chi connectivity index (χ2n) is 4.63. The topological polar surface area (TPSA) is 104 Å². The minimum absolute atomic E-state index is 0.0678. The van der Waals surface area contributed by atoms with Gasteiger partial charge >= 0.3 is 5.97 Å². The van der Waals surface area contributed by atoms with Crippen LogP contribution in [0.15, 0.2) is 17.0 Å². The van der Waals surface area contributed by atoms with Crippen LogP contribution in [0.5, 0.6) is 0 Å². The maximum Gasteiger partial charge on any atom is 0.335 e. The molecular weight excluding hydrogens is 282 g/mol. The van der Waals surface area contributed by atoms with Gasteiger partial charge < -0.3 is 10.2 Å². The number of aliphatic hydroxyl groups is 1. The zero-order valence-corrected chi connectivity index (χ0v) is 12.5. The van der Waals surface area contributed by atoms with E-state index >= 15 is 0 Å². The normalized spacial score (nSPS) is 13.2. The highest BCUT2D eigenvalue weighted by molar-refractivity contribution is 7.89. The summed E-state index contributed by atoms with van der Waals surface area (Å²) < 4.78 is 27.0. The number of aryl methyl sites for hydroxylation is 1. The van der Waals surface area contributed by atoms with Crippen LogP contribution in [-0.4, -0.2) is 37.2 Å². The average Bonchev–Trinajstić information content (AvgIpc) is 2.38. The van der Waals surface area contributed by atoms with Gasteiger partial charge in [0.1, 0.15) is 0 Å². The van der Waals surface area contributed by atoms with Crippen LogP contribution >= 0.6 is 0 Å². The molecule has 1 atom stereocenters. The Balaban J connectivity index is 3.34. The molecule has 112 valence electrons. The predicted octanol–water partition coefficient (Wildman–Crippen LogP) is 1.05. The van der Waals surface area contributed by atoms with Crippen LogP contribution in [0.3, 0.4) is 0 Å². The van der Waals surface area contributed by atoms with Gasteiger partial charge in [-0.3, -0.25) is 0 Å². The molecule has 20 heavy (non-hydrogen) atoms. The Labute approximate surface area is 118 Å². The molecule has 0 saturated carbocycles. The van der Waals surface area contributed by atoms with Crippen molar-refractivity contribution in [3.05, 3.63) is 28.8 Å². The van der Waals surface area contributed by atoms with Gasteiger partial charge in [0.05, 0.1) is 17.1 Å². The van der Waals surface area contributed by atoms with Crippen LogP contribution in [0.2, 0.25) is 0 Å². The van der Waals surface area contributed by atoms with Gasteiger partial charge in [-0.25, -0.2) is 17.9 Å². The molecule has 0 amide bonds. The van der Waals surface area contributed by atoms with Gasteiger partial charge in [0, 0.05) is 6.04 Å². The van der Waals surface area contributed by atoms with Crippen molar-refractivity contribution in [1.82, 2.24) is 4.72 Å². The van der Waals surface area contributed by atoms with Gasteiger partial charge in [-0.2, -0.15) is 0 Å². The molecule has 0 spiro atoms. The molecule has 6 nitrogen and oxygen atoms in total. The zero-order chi connectivity index (χ0) is 15.5. The molecule has 1 aromatic rings. The Bertz CT molecular complexity index is 605. The fourth-order valence-corrected chi connectivity index (χ4v) is 3.42. The molecule has 0 bridgehead atoms. The lowest BCUT2D eigenvalue weighted by Gasteiger charge is -2.17. The minimum Gasteiger partial charge on any atom is -0.478 e. The zero-order valence-electron chi connectivity index (χ0n) is 11.7. The Kier molecular flexibility index (Phi) is 5.27. The number of sulfonamides is 1. The summed E-state index contributed by atoms with van der Waals surface area (Å²) in [6.07, 6.45) is 0.437. The SMILES string of the molecule is CC[C@H](CO)NS(=O)(=O)c1cc(C(=O)O)cc(C)c1C. The molecule has 0 aliphatic rings. The number of hydrogen-bond acceptors (Lipinski definition) is 4. The number of carboxylic acid groups (broad SMARTS) is 1. The number of carbonyl (C=O) groups is 1. The number of benzene rings is 1. The molecule has 3 N–H and O–H groups in total. The maximum atomic E-state index is 12.3. The predicted molar refractivity (Wildman–Crippen MR) is 74.4 cm³/mol. The van der Waals surface area contributed by atoms with E-state index in [9.17, 15) is 13.2 Å². The fraction of sp³-hybridized carbons (Fsp3) is 0.462. The van der Waals surface area contributed by atoms with Crippen LogP contribution in [-0.2, 0) is 10.0 Å². The summed E-state index contributed by atoms with van der Waals surface area (Å²) in [7, 11) is -3.87. The summed E-state index contributed by atoms with van der Waals surface area (Å²) in [6, 6.07) is 1.98. The van der Waals surface area contributed by atoms with E-state index in [2.05, 4.69) is 4.72 Å². The van der Waals surface area contributed by atoms with Gasteiger partial charge in [0.2, 0.25) is 10.0 Å². The lowest BCUT2D eigenvalue weighted by molar-refractivity contribution is 0.0696. The second kappa shape index (κ2) is 6.34. The summed E-state index contributed by atoms with van der Waals surface area (Å²) in [5.41, 5.74) is 1.00. The first-order valence-corrected chi connectivity index (χ1v) is 7.69. The van der Waals surface area contributed by atoms with Crippen molar-refractivity contribution >= 4 is 16.0 Å². The van der Waals surface area contributed by atoms with Crippen molar-refractivity contribution in [2.75, 3.05) is 6.61 Å². The van der Waals surface area contributed by atoms with E-state index in [-0.39, 0.29) is 17.1 Å². The number of nitrogens with one attached hydrogen (secondary N) is 1. The molecular formula is C13H19NO5S. The number of aliphatic hydroxyl groups excluding tert-OH is 1. The fourth-order valence-electron chi connectivity index (χ4n) is 1.76. The third-order valence-corrected chi connectivity index (χ3v) is 4.84. The third kappa shape index (κ3) is 3.56. The van der Waals surface area contributed by atoms with Gasteiger partial charge in [-0.1, -0.05) is 6.92 Å². The van der Waals surface area contributed by atoms with Crippen LogP contribution < -0.4 is 4.72 Å². The largest absolute Gasteiger partial charge is 0.478 e. The van der Waals surface area contributed by atoms with Crippen molar-refractivity contribution in [2.24, 2.45) is 0 Å². The quantitative estimate of drug-likeness (QED) is 0.728. The van der Waals surface area contributed by atoms with Crippen LogP contribution in [0.1, 0.15) is 34.8 Å². The Morgan fingerprint density at radius 1 is 1.35 bits per heavy atom. The summed E-state index contributed by atoms with van der Waals surface area (Å²) in [5, 5.41) is 18.1. The van der Waals surface area contributed by atoms with E-state index < -0.39 is 22.0 Å². The second-order valence-corrected chi connectivity index (χ2v) is 6.31. The van der Waals surface area contributed by atoms with Crippen LogP contribution in [0, 0.1) is 13.8 Å². The number of aromatic carboxylic acids is 1. The van der Waals surface area contributed by atoms with E-state index in [1.54, 1.807) is 20.8 Å². The average molecular weight is 301 g/mol. The lowest BCUT2D eigenvalue weighted by atomic mass is 10.1. The number of hydrogen-bond donors (Lipinski definition) is 3. The summed E-state index contributed by atoms with van der Waals surface area (Å²) >= 11 is 0. The highest BCUT2D eigenvalue weighted by Gasteiger charge is 2.23. The Morgan fingerprint density at radius 2 is 1.95 bits per heavy atom.